The zero-order chi connectivity index (χ0) is 16.4. The van der Waals surface area contributed by atoms with E-state index in [9.17, 15) is 8.42 Å². The molecule has 1 aliphatic rings. The summed E-state index contributed by atoms with van der Waals surface area (Å²) in [5.74, 6) is 0.914. The first kappa shape index (κ1) is 19.2. The van der Waals surface area contributed by atoms with Crippen molar-refractivity contribution >= 4 is 16.0 Å². The Morgan fingerprint density at radius 3 is 2.55 bits per heavy atom. The van der Waals surface area contributed by atoms with E-state index in [-0.39, 0.29) is 0 Å². The highest BCUT2D eigenvalue weighted by molar-refractivity contribution is 7.88. The number of guanidine groups is 1. The molecule has 1 heterocycles. The number of rotatable bonds is 8. The largest absolute Gasteiger partial charge is 0.378 e. The molecule has 7 nitrogen and oxygen atoms in total. The van der Waals surface area contributed by atoms with Crippen LogP contribution in [0.15, 0.2) is 4.99 Å². The van der Waals surface area contributed by atoms with Crippen LogP contribution < -0.4 is 10.0 Å². The third-order valence-corrected chi connectivity index (χ3v) is 4.17. The average molecular weight is 334 g/mol. The van der Waals surface area contributed by atoms with Crippen molar-refractivity contribution in [3.05, 3.63) is 0 Å². The number of hydrogen-bond donors (Lipinski definition) is 2. The van der Waals surface area contributed by atoms with E-state index < -0.39 is 10.0 Å². The molecule has 1 fully saturated rings. The Labute approximate surface area is 134 Å². The Morgan fingerprint density at radius 2 is 2.00 bits per heavy atom. The SMILES string of the molecule is CCNC(=NCCCNS(C)(=O)=O)N1CCC(OCC)CC1. The van der Waals surface area contributed by atoms with Crippen LogP contribution in [0.3, 0.4) is 0 Å². The van der Waals surface area contributed by atoms with Crippen molar-refractivity contribution in [2.24, 2.45) is 4.99 Å². The second-order valence-corrected chi connectivity index (χ2v) is 7.23. The summed E-state index contributed by atoms with van der Waals surface area (Å²) in [6.07, 6.45) is 4.27. The molecule has 0 spiro atoms. The van der Waals surface area contributed by atoms with Crippen molar-refractivity contribution in [2.75, 3.05) is 45.6 Å². The summed E-state index contributed by atoms with van der Waals surface area (Å²) >= 11 is 0. The number of likely N-dealkylation sites (tertiary alicyclic amines) is 1. The van der Waals surface area contributed by atoms with E-state index in [1.54, 1.807) is 0 Å². The molecule has 1 rings (SSSR count). The third kappa shape index (κ3) is 7.95. The third-order valence-electron chi connectivity index (χ3n) is 3.44. The van der Waals surface area contributed by atoms with Crippen molar-refractivity contribution in [3.8, 4) is 0 Å². The van der Waals surface area contributed by atoms with E-state index in [0.29, 0.717) is 25.6 Å². The van der Waals surface area contributed by atoms with Crippen molar-refractivity contribution in [1.29, 1.82) is 0 Å². The number of sulfonamides is 1. The molecule has 0 aromatic heterocycles. The first-order chi connectivity index (χ1) is 10.5. The molecule has 0 amide bonds. The molecule has 0 aromatic carbocycles. The van der Waals surface area contributed by atoms with E-state index in [2.05, 4.69) is 19.9 Å². The summed E-state index contributed by atoms with van der Waals surface area (Å²) in [4.78, 5) is 6.84. The Bertz CT molecular complexity index is 431. The summed E-state index contributed by atoms with van der Waals surface area (Å²) in [6, 6.07) is 0. The summed E-state index contributed by atoms with van der Waals surface area (Å²) in [5.41, 5.74) is 0. The van der Waals surface area contributed by atoms with Crippen LogP contribution in [-0.2, 0) is 14.8 Å². The lowest BCUT2D eigenvalue weighted by molar-refractivity contribution is 0.0264. The topological polar surface area (TPSA) is 83.0 Å². The van der Waals surface area contributed by atoms with Crippen LogP contribution in [0.1, 0.15) is 33.1 Å². The van der Waals surface area contributed by atoms with Gasteiger partial charge in [-0.05, 0) is 33.1 Å². The fraction of sp³-hybridized carbons (Fsp3) is 0.929. The molecular formula is C14H30N4O3S. The zero-order valence-electron chi connectivity index (χ0n) is 14.0. The minimum atomic E-state index is -3.11. The van der Waals surface area contributed by atoms with Crippen LogP contribution in [0.4, 0.5) is 0 Å². The fourth-order valence-electron chi connectivity index (χ4n) is 2.42. The lowest BCUT2D eigenvalue weighted by Gasteiger charge is -2.34. The molecular weight excluding hydrogens is 304 g/mol. The van der Waals surface area contributed by atoms with Crippen LogP contribution in [0, 0.1) is 0 Å². The summed E-state index contributed by atoms with van der Waals surface area (Å²) < 4.78 is 30.1. The quantitative estimate of drug-likeness (QED) is 0.381. The standard InChI is InChI=1S/C14H30N4O3S/c1-4-15-14(16-9-6-10-17-22(3,19)20)18-11-7-13(8-12-18)21-5-2/h13,17H,4-12H2,1-3H3,(H,15,16). The molecule has 0 atom stereocenters. The Hall–Kier alpha value is -0.860. The highest BCUT2D eigenvalue weighted by atomic mass is 32.2. The molecule has 0 radical (unpaired) electrons. The van der Waals surface area contributed by atoms with Gasteiger partial charge in [-0.1, -0.05) is 0 Å². The van der Waals surface area contributed by atoms with Crippen LogP contribution in [0.2, 0.25) is 0 Å². The van der Waals surface area contributed by atoms with Gasteiger partial charge in [0.25, 0.3) is 0 Å². The van der Waals surface area contributed by atoms with Gasteiger partial charge in [-0.15, -0.1) is 0 Å². The number of aliphatic imine (C=N–C) groups is 1. The maximum Gasteiger partial charge on any atom is 0.208 e. The normalized spacial score (nSPS) is 17.8. The first-order valence-electron chi connectivity index (χ1n) is 8.05. The van der Waals surface area contributed by atoms with Crippen molar-refractivity contribution in [2.45, 2.75) is 39.2 Å². The summed E-state index contributed by atoms with van der Waals surface area (Å²) in [6.45, 7) is 8.59. The molecule has 0 saturated carbocycles. The Morgan fingerprint density at radius 1 is 1.32 bits per heavy atom. The molecule has 130 valence electrons. The van der Waals surface area contributed by atoms with Crippen LogP contribution in [0.25, 0.3) is 0 Å². The minimum Gasteiger partial charge on any atom is -0.378 e. The van der Waals surface area contributed by atoms with Gasteiger partial charge in [-0.2, -0.15) is 0 Å². The molecule has 0 bridgehead atoms. The minimum absolute atomic E-state index is 0.364. The van der Waals surface area contributed by atoms with E-state index in [1.165, 1.54) is 6.26 Å². The maximum atomic E-state index is 11.0. The van der Waals surface area contributed by atoms with Gasteiger partial charge in [0.15, 0.2) is 5.96 Å². The molecule has 0 aliphatic carbocycles. The fourth-order valence-corrected chi connectivity index (χ4v) is 2.93. The highest BCUT2D eigenvalue weighted by Gasteiger charge is 2.21. The number of nitrogens with zero attached hydrogens (tertiary/aromatic N) is 2. The lowest BCUT2D eigenvalue weighted by Crippen LogP contribution is -2.47. The predicted molar refractivity (Wildman–Crippen MR) is 89.7 cm³/mol. The molecule has 0 aromatic rings. The Balaban J connectivity index is 2.39. The first-order valence-corrected chi connectivity index (χ1v) is 9.95. The van der Waals surface area contributed by atoms with Crippen LogP contribution >= 0.6 is 0 Å². The monoisotopic (exact) mass is 334 g/mol. The number of nitrogens with one attached hydrogen (secondary N) is 2. The lowest BCUT2D eigenvalue weighted by atomic mass is 10.1. The van der Waals surface area contributed by atoms with Gasteiger partial charge in [0.05, 0.1) is 12.4 Å². The second kappa shape index (κ2) is 10.0. The van der Waals surface area contributed by atoms with E-state index >= 15 is 0 Å². The van der Waals surface area contributed by atoms with Crippen molar-refractivity contribution in [3.63, 3.8) is 0 Å². The summed E-state index contributed by atoms with van der Waals surface area (Å²) in [7, 11) is -3.11. The second-order valence-electron chi connectivity index (χ2n) is 5.40. The van der Waals surface area contributed by atoms with Gasteiger partial charge in [-0.3, -0.25) is 4.99 Å². The molecule has 8 heteroatoms. The van der Waals surface area contributed by atoms with E-state index in [0.717, 1.165) is 45.0 Å². The predicted octanol–water partition coefficient (Wildman–Crippen LogP) is 0.392. The number of ether oxygens (including phenoxy) is 1. The van der Waals surface area contributed by atoms with Crippen molar-refractivity contribution in [1.82, 2.24) is 14.9 Å². The Kier molecular flexibility index (Phi) is 8.74. The summed E-state index contributed by atoms with van der Waals surface area (Å²) in [5, 5.41) is 3.30. The molecule has 2 N–H and O–H groups in total. The molecule has 1 aliphatic heterocycles. The van der Waals surface area contributed by atoms with Gasteiger partial charge < -0.3 is 15.0 Å². The number of piperidine rings is 1. The molecule has 1 saturated heterocycles. The molecule has 22 heavy (non-hydrogen) atoms. The van der Waals surface area contributed by atoms with Gasteiger partial charge in [0.2, 0.25) is 10.0 Å². The highest BCUT2D eigenvalue weighted by Crippen LogP contribution is 2.13. The van der Waals surface area contributed by atoms with E-state index in [4.69, 9.17) is 4.74 Å². The van der Waals surface area contributed by atoms with Crippen LogP contribution in [0.5, 0.6) is 0 Å². The molecule has 0 unspecified atom stereocenters. The van der Waals surface area contributed by atoms with E-state index in [1.807, 2.05) is 13.8 Å². The van der Waals surface area contributed by atoms with Gasteiger partial charge in [-0.25, -0.2) is 13.1 Å². The van der Waals surface area contributed by atoms with Gasteiger partial charge in [0, 0.05) is 39.3 Å². The maximum absolute atomic E-state index is 11.0. The van der Waals surface area contributed by atoms with Crippen molar-refractivity contribution < 1.29 is 13.2 Å². The van der Waals surface area contributed by atoms with Crippen LogP contribution in [-0.4, -0.2) is 71.0 Å². The zero-order valence-corrected chi connectivity index (χ0v) is 14.8. The average Bonchev–Trinajstić information content (AvgIpc) is 2.46. The van der Waals surface area contributed by atoms with Gasteiger partial charge in [0.1, 0.15) is 0 Å². The van der Waals surface area contributed by atoms with Gasteiger partial charge >= 0.3 is 0 Å². The number of hydrogen-bond acceptors (Lipinski definition) is 4. The smallest absolute Gasteiger partial charge is 0.208 e.